The second kappa shape index (κ2) is 6.59. The number of hydrogen-bond donors (Lipinski definition) is 1. The van der Waals surface area contributed by atoms with Crippen molar-refractivity contribution in [3.05, 3.63) is 29.6 Å². The molecule has 0 saturated heterocycles. The predicted molar refractivity (Wildman–Crippen MR) is 58.7 cm³/mol. The third-order valence-corrected chi connectivity index (χ3v) is 1.92. The Hall–Kier alpha value is -1.84. The molecule has 0 spiro atoms. The zero-order valence-electron chi connectivity index (χ0n) is 8.75. The van der Waals surface area contributed by atoms with Crippen LogP contribution in [0.2, 0.25) is 0 Å². The van der Waals surface area contributed by atoms with Gasteiger partial charge in [0.2, 0.25) is 0 Å². The van der Waals surface area contributed by atoms with E-state index in [1.54, 1.807) is 6.20 Å². The molecule has 0 aliphatic rings. The van der Waals surface area contributed by atoms with Crippen LogP contribution < -0.4 is 5.32 Å². The van der Waals surface area contributed by atoms with Crippen LogP contribution in [0.25, 0.3) is 0 Å². The molecule has 0 aliphatic carbocycles. The van der Waals surface area contributed by atoms with E-state index >= 15 is 0 Å². The van der Waals surface area contributed by atoms with Crippen molar-refractivity contribution < 1.29 is 0 Å². The van der Waals surface area contributed by atoms with Gasteiger partial charge in [-0.05, 0) is 13.0 Å². The Labute approximate surface area is 90.1 Å². The SMILES string of the molecule is CC#CCCNCc1cccnc1C#N. The highest BCUT2D eigenvalue weighted by Crippen LogP contribution is 2.02. The highest BCUT2D eigenvalue weighted by molar-refractivity contribution is 5.30. The van der Waals surface area contributed by atoms with Crippen molar-refractivity contribution in [3.63, 3.8) is 0 Å². The van der Waals surface area contributed by atoms with Crippen LogP contribution in [0, 0.1) is 23.2 Å². The summed E-state index contributed by atoms with van der Waals surface area (Å²) in [7, 11) is 0. The van der Waals surface area contributed by atoms with Gasteiger partial charge in [-0.3, -0.25) is 0 Å². The topological polar surface area (TPSA) is 48.7 Å². The van der Waals surface area contributed by atoms with E-state index in [0.717, 1.165) is 18.5 Å². The van der Waals surface area contributed by atoms with E-state index in [0.29, 0.717) is 12.2 Å². The molecule has 15 heavy (non-hydrogen) atoms. The fourth-order valence-electron chi connectivity index (χ4n) is 1.18. The molecule has 3 heteroatoms. The molecule has 1 heterocycles. The van der Waals surface area contributed by atoms with Crippen molar-refractivity contribution in [2.75, 3.05) is 6.54 Å². The molecule has 3 nitrogen and oxygen atoms in total. The number of pyridine rings is 1. The van der Waals surface area contributed by atoms with Crippen molar-refractivity contribution in [1.29, 1.82) is 5.26 Å². The zero-order chi connectivity index (χ0) is 10.9. The Balaban J connectivity index is 2.43. The number of nitrogens with zero attached hydrogens (tertiary/aromatic N) is 2. The first-order chi connectivity index (χ1) is 7.38. The maximum atomic E-state index is 8.80. The smallest absolute Gasteiger partial charge is 0.144 e. The molecule has 0 aromatic carbocycles. The second-order valence-corrected chi connectivity index (χ2v) is 2.98. The minimum absolute atomic E-state index is 0.492. The van der Waals surface area contributed by atoms with Gasteiger partial charge >= 0.3 is 0 Å². The first-order valence-corrected chi connectivity index (χ1v) is 4.82. The highest BCUT2D eigenvalue weighted by atomic mass is 14.8. The first-order valence-electron chi connectivity index (χ1n) is 4.82. The summed E-state index contributed by atoms with van der Waals surface area (Å²) in [5.41, 5.74) is 1.43. The summed E-state index contributed by atoms with van der Waals surface area (Å²) in [6, 6.07) is 5.81. The minimum atomic E-state index is 0.492. The standard InChI is InChI=1S/C12H13N3/c1-2-3-4-7-14-10-11-6-5-8-15-12(11)9-13/h5-6,8,14H,4,7,10H2,1H3. The number of rotatable bonds is 4. The lowest BCUT2D eigenvalue weighted by Crippen LogP contribution is -2.15. The van der Waals surface area contributed by atoms with E-state index in [-0.39, 0.29) is 0 Å². The van der Waals surface area contributed by atoms with Gasteiger partial charge in [0.25, 0.3) is 0 Å². The maximum absolute atomic E-state index is 8.80. The molecule has 0 bridgehead atoms. The molecule has 0 fully saturated rings. The van der Waals surface area contributed by atoms with Crippen LogP contribution in [0.1, 0.15) is 24.6 Å². The summed E-state index contributed by atoms with van der Waals surface area (Å²) >= 11 is 0. The summed E-state index contributed by atoms with van der Waals surface area (Å²) in [6.45, 7) is 3.33. The summed E-state index contributed by atoms with van der Waals surface area (Å²) in [5, 5.41) is 12.0. The van der Waals surface area contributed by atoms with Gasteiger partial charge < -0.3 is 5.32 Å². The Morgan fingerprint density at radius 2 is 2.40 bits per heavy atom. The summed E-state index contributed by atoms with van der Waals surface area (Å²) < 4.78 is 0. The average molecular weight is 199 g/mol. The minimum Gasteiger partial charge on any atom is -0.312 e. The Kier molecular flexibility index (Phi) is 4.94. The van der Waals surface area contributed by atoms with Crippen LogP contribution in [0.15, 0.2) is 18.3 Å². The van der Waals surface area contributed by atoms with Gasteiger partial charge in [0.15, 0.2) is 0 Å². The Morgan fingerprint density at radius 3 is 3.13 bits per heavy atom. The normalized spacial score (nSPS) is 8.80. The lowest BCUT2D eigenvalue weighted by Gasteiger charge is -2.03. The van der Waals surface area contributed by atoms with Crippen LogP contribution in [0.5, 0.6) is 0 Å². The molecule has 0 amide bonds. The molecule has 1 rings (SSSR count). The van der Waals surface area contributed by atoms with E-state index in [9.17, 15) is 0 Å². The van der Waals surface area contributed by atoms with Gasteiger partial charge in [-0.2, -0.15) is 5.26 Å². The second-order valence-electron chi connectivity index (χ2n) is 2.98. The number of aromatic nitrogens is 1. The summed E-state index contributed by atoms with van der Waals surface area (Å²) in [6.07, 6.45) is 2.46. The molecule has 0 atom stereocenters. The van der Waals surface area contributed by atoms with E-state index in [4.69, 9.17) is 5.26 Å². The first kappa shape index (κ1) is 11.2. The predicted octanol–water partition coefficient (Wildman–Crippen LogP) is 1.46. The molecule has 0 unspecified atom stereocenters. The third-order valence-electron chi connectivity index (χ3n) is 1.92. The molecule has 1 aromatic heterocycles. The van der Waals surface area contributed by atoms with Gasteiger partial charge in [-0.15, -0.1) is 11.8 Å². The zero-order valence-corrected chi connectivity index (χ0v) is 8.75. The van der Waals surface area contributed by atoms with E-state index in [1.807, 2.05) is 19.1 Å². The quantitative estimate of drug-likeness (QED) is 0.590. The lowest BCUT2D eigenvalue weighted by atomic mass is 10.2. The van der Waals surface area contributed by atoms with Crippen LogP contribution in [-0.2, 0) is 6.54 Å². The Morgan fingerprint density at radius 1 is 1.53 bits per heavy atom. The Bertz CT molecular complexity index is 407. The van der Waals surface area contributed by atoms with Crippen LogP contribution in [-0.4, -0.2) is 11.5 Å². The van der Waals surface area contributed by atoms with Crippen LogP contribution >= 0.6 is 0 Å². The van der Waals surface area contributed by atoms with Crippen molar-refractivity contribution in [2.24, 2.45) is 0 Å². The molecule has 0 aliphatic heterocycles. The molecule has 0 radical (unpaired) electrons. The molecule has 1 aromatic rings. The average Bonchev–Trinajstić information content (AvgIpc) is 2.29. The summed E-state index contributed by atoms with van der Waals surface area (Å²) in [4.78, 5) is 3.98. The van der Waals surface area contributed by atoms with Gasteiger partial charge in [0, 0.05) is 31.3 Å². The van der Waals surface area contributed by atoms with Crippen molar-refractivity contribution >= 4 is 0 Å². The van der Waals surface area contributed by atoms with Crippen LogP contribution in [0.3, 0.4) is 0 Å². The number of nitriles is 1. The van der Waals surface area contributed by atoms with Gasteiger partial charge in [0.1, 0.15) is 11.8 Å². The fraction of sp³-hybridized carbons (Fsp3) is 0.333. The largest absolute Gasteiger partial charge is 0.312 e. The monoisotopic (exact) mass is 199 g/mol. The van der Waals surface area contributed by atoms with Crippen molar-refractivity contribution in [1.82, 2.24) is 10.3 Å². The van der Waals surface area contributed by atoms with Gasteiger partial charge in [-0.25, -0.2) is 4.98 Å². The van der Waals surface area contributed by atoms with Gasteiger partial charge in [0.05, 0.1) is 0 Å². The van der Waals surface area contributed by atoms with Crippen molar-refractivity contribution in [3.8, 4) is 17.9 Å². The number of nitrogens with one attached hydrogen (secondary N) is 1. The van der Waals surface area contributed by atoms with Gasteiger partial charge in [-0.1, -0.05) is 6.07 Å². The third kappa shape index (κ3) is 3.81. The molecule has 76 valence electrons. The maximum Gasteiger partial charge on any atom is 0.144 e. The lowest BCUT2D eigenvalue weighted by molar-refractivity contribution is 0.698. The van der Waals surface area contributed by atoms with Crippen LogP contribution in [0.4, 0.5) is 0 Å². The molecular weight excluding hydrogens is 186 g/mol. The van der Waals surface area contributed by atoms with E-state index in [2.05, 4.69) is 28.2 Å². The molecule has 0 saturated carbocycles. The molecular formula is C12H13N3. The molecule has 1 N–H and O–H groups in total. The van der Waals surface area contributed by atoms with E-state index in [1.165, 1.54) is 0 Å². The number of hydrogen-bond acceptors (Lipinski definition) is 3. The summed E-state index contributed by atoms with van der Waals surface area (Å²) in [5.74, 6) is 5.80. The fourth-order valence-corrected chi connectivity index (χ4v) is 1.18. The highest BCUT2D eigenvalue weighted by Gasteiger charge is 2.00. The van der Waals surface area contributed by atoms with E-state index < -0.39 is 0 Å². The van der Waals surface area contributed by atoms with Crippen molar-refractivity contribution in [2.45, 2.75) is 19.9 Å².